The molecule has 1 unspecified atom stereocenters. The number of carbonyl (C=O) groups is 1. The van der Waals surface area contributed by atoms with Gasteiger partial charge in [-0.15, -0.1) is 0 Å². The van der Waals surface area contributed by atoms with Gasteiger partial charge in [-0.1, -0.05) is 12.1 Å². The van der Waals surface area contributed by atoms with Crippen LogP contribution in [0.5, 0.6) is 11.5 Å². The fourth-order valence-electron chi connectivity index (χ4n) is 4.83. The lowest BCUT2D eigenvalue weighted by Crippen LogP contribution is -2.23. The molecule has 1 saturated heterocycles. The van der Waals surface area contributed by atoms with E-state index < -0.39 is 11.6 Å². The average Bonchev–Trinajstić information content (AvgIpc) is 3.36. The predicted octanol–water partition coefficient (Wildman–Crippen LogP) is 5.92. The second kappa shape index (κ2) is 11.7. The van der Waals surface area contributed by atoms with E-state index in [1.165, 1.54) is 32.7 Å². The number of nitrogens with one attached hydrogen (secondary N) is 2. The van der Waals surface area contributed by atoms with Crippen molar-refractivity contribution in [2.75, 3.05) is 38.4 Å². The van der Waals surface area contributed by atoms with Crippen LogP contribution in [0.15, 0.2) is 67.0 Å². The quantitative estimate of drug-likeness (QED) is 0.266. The first-order valence-electron chi connectivity index (χ1n) is 12.8. The van der Waals surface area contributed by atoms with E-state index in [9.17, 15) is 13.6 Å². The van der Waals surface area contributed by atoms with Gasteiger partial charge in [-0.3, -0.25) is 9.69 Å². The Morgan fingerprint density at radius 2 is 1.85 bits per heavy atom. The molecule has 4 aromatic rings. The number of aromatic nitrogens is 2. The Morgan fingerprint density at radius 1 is 1.02 bits per heavy atom. The fourth-order valence-corrected chi connectivity index (χ4v) is 4.83. The van der Waals surface area contributed by atoms with Crippen LogP contribution in [0.25, 0.3) is 22.0 Å². The molecule has 206 valence electrons. The van der Waals surface area contributed by atoms with E-state index in [2.05, 4.69) is 25.5 Å². The number of halogens is 2. The lowest BCUT2D eigenvalue weighted by atomic mass is 10.0. The van der Waals surface area contributed by atoms with E-state index in [1.807, 2.05) is 13.1 Å². The van der Waals surface area contributed by atoms with Crippen molar-refractivity contribution < 1.29 is 23.0 Å². The Labute approximate surface area is 230 Å². The van der Waals surface area contributed by atoms with Crippen LogP contribution in [0.2, 0.25) is 0 Å². The molecule has 1 fully saturated rings. The molecular formula is C30H29F2N5O3. The highest BCUT2D eigenvalue weighted by Gasteiger charge is 2.19. The molecule has 2 N–H and O–H groups in total. The zero-order chi connectivity index (χ0) is 28.2. The van der Waals surface area contributed by atoms with Gasteiger partial charge in [0.1, 0.15) is 35.3 Å². The van der Waals surface area contributed by atoms with Crippen molar-refractivity contribution in [2.24, 2.45) is 0 Å². The Bertz CT molecular complexity index is 1590. The maximum absolute atomic E-state index is 14.5. The van der Waals surface area contributed by atoms with Crippen LogP contribution in [-0.4, -0.2) is 54.6 Å². The number of likely N-dealkylation sites (N-methyl/N-ethyl adjacent to an activating group) is 1. The summed E-state index contributed by atoms with van der Waals surface area (Å²) in [6.07, 6.45) is 6.98. The molecule has 0 bridgehead atoms. The van der Waals surface area contributed by atoms with Gasteiger partial charge in [0.05, 0.1) is 31.1 Å². The van der Waals surface area contributed by atoms with Crippen LogP contribution < -0.4 is 20.1 Å². The number of carbonyl (C=O) groups excluding carboxylic acids is 1. The number of likely N-dealkylation sites (tertiary alicyclic amines) is 1. The Morgan fingerprint density at radius 3 is 2.58 bits per heavy atom. The molecule has 2 heterocycles. The maximum atomic E-state index is 14.5. The topological polar surface area (TPSA) is 88.6 Å². The summed E-state index contributed by atoms with van der Waals surface area (Å²) in [5.74, 6) is -0.239. The van der Waals surface area contributed by atoms with Gasteiger partial charge in [-0.05, 0) is 62.3 Å². The SMILES string of the molecule is COc1cc2ncnc(Nc3cc(-c4ccc(F)cc4F)ccc3OC)c2cc1NC(=O)/C=C/C1CCCN1C. The number of anilines is 3. The summed E-state index contributed by atoms with van der Waals surface area (Å²) >= 11 is 0. The second-order valence-electron chi connectivity index (χ2n) is 9.49. The van der Waals surface area contributed by atoms with Gasteiger partial charge in [-0.25, -0.2) is 18.7 Å². The first kappa shape index (κ1) is 27.0. The van der Waals surface area contributed by atoms with E-state index in [-0.39, 0.29) is 17.5 Å². The van der Waals surface area contributed by atoms with Crippen molar-refractivity contribution in [1.29, 1.82) is 0 Å². The van der Waals surface area contributed by atoms with Gasteiger partial charge < -0.3 is 20.1 Å². The number of ether oxygens (including phenoxy) is 2. The van der Waals surface area contributed by atoms with Crippen LogP contribution in [0, 0.1) is 11.6 Å². The number of fused-ring (bicyclic) bond motifs is 1. The number of benzene rings is 3. The van der Waals surface area contributed by atoms with Crippen LogP contribution in [0.1, 0.15) is 12.8 Å². The minimum Gasteiger partial charge on any atom is -0.495 e. The third-order valence-electron chi connectivity index (χ3n) is 6.96. The minimum atomic E-state index is -0.676. The van der Waals surface area contributed by atoms with Gasteiger partial charge in [0.15, 0.2) is 0 Å². The first-order chi connectivity index (χ1) is 19.4. The summed E-state index contributed by atoms with van der Waals surface area (Å²) in [6.45, 7) is 1.01. The smallest absolute Gasteiger partial charge is 0.248 e. The van der Waals surface area contributed by atoms with Crippen LogP contribution in [0.3, 0.4) is 0 Å². The van der Waals surface area contributed by atoms with Crippen LogP contribution >= 0.6 is 0 Å². The Hall–Kier alpha value is -4.57. The van der Waals surface area contributed by atoms with Gasteiger partial charge in [0.25, 0.3) is 0 Å². The van der Waals surface area contributed by atoms with Crippen LogP contribution in [0.4, 0.5) is 26.0 Å². The van der Waals surface area contributed by atoms with Crippen molar-refractivity contribution in [3.8, 4) is 22.6 Å². The standard InChI is InChI=1S/C30H29F2N5O3/c1-37-12-4-5-20(37)8-11-29(38)35-26-15-22-24(16-28(26)40-3)33-17-34-30(22)36-25-13-18(6-10-27(25)39-2)21-9-7-19(31)14-23(21)32/h6-11,13-17,20H,4-5,12H2,1-3H3,(H,35,38)(H,33,34,36)/b11-8+. The molecule has 1 aliphatic rings. The summed E-state index contributed by atoms with van der Waals surface area (Å²) in [5.41, 5.74) is 2.31. The zero-order valence-corrected chi connectivity index (χ0v) is 22.4. The number of hydrogen-bond donors (Lipinski definition) is 2. The van der Waals surface area contributed by atoms with Crippen molar-refractivity contribution in [3.63, 3.8) is 0 Å². The lowest BCUT2D eigenvalue weighted by Gasteiger charge is -2.16. The molecule has 40 heavy (non-hydrogen) atoms. The van der Waals surface area contributed by atoms with E-state index in [0.717, 1.165) is 25.5 Å². The molecule has 0 spiro atoms. The normalized spacial score (nSPS) is 15.5. The Kier molecular flexibility index (Phi) is 7.88. The summed E-state index contributed by atoms with van der Waals surface area (Å²) in [7, 11) is 5.08. The van der Waals surface area contributed by atoms with E-state index >= 15 is 0 Å². The zero-order valence-electron chi connectivity index (χ0n) is 22.4. The average molecular weight is 546 g/mol. The number of hydrogen-bond acceptors (Lipinski definition) is 7. The van der Waals surface area contributed by atoms with Gasteiger partial charge in [-0.2, -0.15) is 0 Å². The summed E-state index contributed by atoms with van der Waals surface area (Å²) in [5, 5.41) is 6.75. The van der Waals surface area contributed by atoms with E-state index in [4.69, 9.17) is 9.47 Å². The Balaban J connectivity index is 1.48. The highest BCUT2D eigenvalue weighted by molar-refractivity contribution is 6.03. The third-order valence-corrected chi connectivity index (χ3v) is 6.96. The van der Waals surface area contributed by atoms with Crippen molar-refractivity contribution in [3.05, 3.63) is 78.6 Å². The van der Waals surface area contributed by atoms with Crippen LogP contribution in [-0.2, 0) is 4.79 Å². The predicted molar refractivity (Wildman–Crippen MR) is 151 cm³/mol. The molecule has 5 rings (SSSR count). The number of nitrogens with zero attached hydrogens (tertiary/aromatic N) is 3. The molecule has 1 aliphatic heterocycles. The largest absolute Gasteiger partial charge is 0.495 e. The highest BCUT2D eigenvalue weighted by atomic mass is 19.1. The van der Waals surface area contributed by atoms with Gasteiger partial charge in [0.2, 0.25) is 5.91 Å². The summed E-state index contributed by atoms with van der Waals surface area (Å²) < 4.78 is 39.0. The molecule has 0 radical (unpaired) electrons. The minimum absolute atomic E-state index is 0.239. The lowest BCUT2D eigenvalue weighted by molar-refractivity contribution is -0.111. The van der Waals surface area contributed by atoms with Crippen molar-refractivity contribution >= 4 is 34.0 Å². The van der Waals surface area contributed by atoms with Crippen molar-refractivity contribution in [1.82, 2.24) is 14.9 Å². The van der Waals surface area contributed by atoms with Gasteiger partial charge >= 0.3 is 0 Å². The van der Waals surface area contributed by atoms with E-state index in [1.54, 1.807) is 36.4 Å². The molecule has 3 aromatic carbocycles. The molecule has 1 amide bonds. The highest BCUT2D eigenvalue weighted by Crippen LogP contribution is 2.37. The number of methoxy groups -OCH3 is 2. The first-order valence-corrected chi connectivity index (χ1v) is 12.8. The van der Waals surface area contributed by atoms with Crippen molar-refractivity contribution in [2.45, 2.75) is 18.9 Å². The molecule has 8 nitrogen and oxygen atoms in total. The monoisotopic (exact) mass is 545 g/mol. The molecule has 0 aliphatic carbocycles. The third kappa shape index (κ3) is 5.72. The second-order valence-corrected chi connectivity index (χ2v) is 9.49. The summed E-state index contributed by atoms with van der Waals surface area (Å²) in [4.78, 5) is 23.7. The summed E-state index contributed by atoms with van der Waals surface area (Å²) in [6, 6.07) is 12.2. The molecular weight excluding hydrogens is 516 g/mol. The molecule has 0 saturated carbocycles. The number of amides is 1. The molecule has 10 heteroatoms. The fraction of sp³-hybridized carbons (Fsp3) is 0.233. The van der Waals surface area contributed by atoms with Gasteiger partial charge in [0, 0.05) is 35.2 Å². The molecule has 1 aromatic heterocycles. The number of rotatable bonds is 8. The van der Waals surface area contributed by atoms with E-state index in [0.29, 0.717) is 45.2 Å². The molecule has 1 atom stereocenters. The maximum Gasteiger partial charge on any atom is 0.248 e.